The van der Waals surface area contributed by atoms with Gasteiger partial charge in [-0.25, -0.2) is 4.39 Å². The van der Waals surface area contributed by atoms with Crippen LogP contribution in [0.15, 0.2) is 46.9 Å². The van der Waals surface area contributed by atoms with Crippen molar-refractivity contribution in [1.82, 2.24) is 15.5 Å². The van der Waals surface area contributed by atoms with Crippen LogP contribution in [0.1, 0.15) is 55.2 Å². The largest absolute Gasteiger partial charge is 0.353 e. The number of benzene rings is 2. The van der Waals surface area contributed by atoms with Crippen molar-refractivity contribution in [2.24, 2.45) is 0 Å². The van der Waals surface area contributed by atoms with Gasteiger partial charge in [0.1, 0.15) is 5.82 Å². The summed E-state index contributed by atoms with van der Waals surface area (Å²) in [7, 11) is 4.29. The normalized spacial score (nSPS) is 20.2. The highest BCUT2D eigenvalue weighted by Crippen LogP contribution is 2.35. The molecule has 0 atom stereocenters. The molecule has 1 fully saturated rings. The van der Waals surface area contributed by atoms with E-state index in [4.69, 9.17) is 0 Å². The predicted molar refractivity (Wildman–Crippen MR) is 137 cm³/mol. The average Bonchev–Trinajstić information content (AvgIpc) is 2.78. The SMILES string of the molecule is Cc1cccc(CC2(N(C)C)CCC(NC(=O)CCC(=O)NCc3ccc(Br)cc3F)CC2)c1. The molecule has 1 saturated carbocycles. The highest BCUT2D eigenvalue weighted by molar-refractivity contribution is 9.10. The summed E-state index contributed by atoms with van der Waals surface area (Å²) in [5.41, 5.74) is 3.14. The minimum absolute atomic E-state index is 0.0890. The molecule has 0 bridgehead atoms. The van der Waals surface area contributed by atoms with Gasteiger partial charge in [-0.3, -0.25) is 9.59 Å². The molecule has 2 N–H and O–H groups in total. The summed E-state index contributed by atoms with van der Waals surface area (Å²) >= 11 is 3.21. The third-order valence-electron chi connectivity index (χ3n) is 6.92. The maximum Gasteiger partial charge on any atom is 0.220 e. The van der Waals surface area contributed by atoms with E-state index in [1.807, 2.05) is 0 Å². The van der Waals surface area contributed by atoms with E-state index in [1.165, 1.54) is 17.2 Å². The quantitative estimate of drug-likeness (QED) is 0.484. The maximum absolute atomic E-state index is 13.9. The fourth-order valence-corrected chi connectivity index (χ4v) is 5.09. The van der Waals surface area contributed by atoms with E-state index in [9.17, 15) is 14.0 Å². The lowest BCUT2D eigenvalue weighted by Gasteiger charge is -2.45. The van der Waals surface area contributed by atoms with Crippen molar-refractivity contribution < 1.29 is 14.0 Å². The summed E-state index contributed by atoms with van der Waals surface area (Å²) in [5.74, 6) is -0.738. The van der Waals surface area contributed by atoms with Gasteiger partial charge in [-0.1, -0.05) is 51.8 Å². The summed E-state index contributed by atoms with van der Waals surface area (Å²) in [5, 5.41) is 5.80. The molecule has 2 amide bonds. The van der Waals surface area contributed by atoms with Gasteiger partial charge in [0.2, 0.25) is 11.8 Å². The molecular weight excluding hydrogens is 497 g/mol. The fourth-order valence-electron chi connectivity index (χ4n) is 4.76. The van der Waals surface area contributed by atoms with Gasteiger partial charge in [-0.2, -0.15) is 0 Å². The molecule has 0 unspecified atom stereocenters. The smallest absolute Gasteiger partial charge is 0.220 e. The highest BCUT2D eigenvalue weighted by Gasteiger charge is 2.37. The molecule has 0 radical (unpaired) electrons. The Morgan fingerprint density at radius 2 is 1.79 bits per heavy atom. The first-order valence-electron chi connectivity index (χ1n) is 11.9. The molecule has 1 aliphatic carbocycles. The van der Waals surface area contributed by atoms with Crippen LogP contribution in [0.4, 0.5) is 4.39 Å². The van der Waals surface area contributed by atoms with Gasteiger partial charge in [0.25, 0.3) is 0 Å². The second kappa shape index (κ2) is 11.9. The molecule has 5 nitrogen and oxygen atoms in total. The summed E-state index contributed by atoms with van der Waals surface area (Å²) < 4.78 is 14.5. The van der Waals surface area contributed by atoms with Crippen molar-refractivity contribution in [2.75, 3.05) is 14.1 Å². The molecule has 2 aromatic carbocycles. The number of nitrogens with one attached hydrogen (secondary N) is 2. The molecule has 34 heavy (non-hydrogen) atoms. The summed E-state index contributed by atoms with van der Waals surface area (Å²) in [6.07, 6.45) is 5.09. The zero-order valence-electron chi connectivity index (χ0n) is 20.3. The van der Waals surface area contributed by atoms with Gasteiger partial charge < -0.3 is 15.5 Å². The number of likely N-dealkylation sites (N-methyl/N-ethyl adjacent to an activating group) is 1. The minimum Gasteiger partial charge on any atom is -0.353 e. The van der Waals surface area contributed by atoms with Crippen LogP contribution in [0, 0.1) is 12.7 Å². The molecule has 7 heteroatoms. The van der Waals surface area contributed by atoms with Crippen LogP contribution in [0.25, 0.3) is 0 Å². The molecular formula is C27H35BrFN3O2. The van der Waals surface area contributed by atoms with Crippen molar-refractivity contribution in [3.63, 3.8) is 0 Å². The number of carbonyl (C=O) groups is 2. The molecule has 184 valence electrons. The van der Waals surface area contributed by atoms with Crippen molar-refractivity contribution in [3.05, 3.63) is 69.4 Å². The van der Waals surface area contributed by atoms with E-state index in [-0.39, 0.29) is 48.6 Å². The highest BCUT2D eigenvalue weighted by atomic mass is 79.9. The van der Waals surface area contributed by atoms with E-state index >= 15 is 0 Å². The maximum atomic E-state index is 13.9. The lowest BCUT2D eigenvalue weighted by molar-refractivity contribution is -0.127. The Balaban J connectivity index is 1.42. The zero-order chi connectivity index (χ0) is 24.7. The van der Waals surface area contributed by atoms with Crippen molar-refractivity contribution in [2.45, 2.75) is 70.0 Å². The van der Waals surface area contributed by atoms with Crippen LogP contribution in [0.2, 0.25) is 0 Å². The molecule has 2 aromatic rings. The van der Waals surface area contributed by atoms with Crippen LogP contribution in [-0.4, -0.2) is 42.4 Å². The summed E-state index contributed by atoms with van der Waals surface area (Å²) in [4.78, 5) is 26.9. The van der Waals surface area contributed by atoms with E-state index in [0.29, 0.717) is 10.0 Å². The monoisotopic (exact) mass is 531 g/mol. The molecule has 0 saturated heterocycles. The Morgan fingerprint density at radius 3 is 2.44 bits per heavy atom. The van der Waals surface area contributed by atoms with E-state index in [0.717, 1.165) is 32.1 Å². The summed E-state index contributed by atoms with van der Waals surface area (Å²) in [6.45, 7) is 2.23. The second-order valence-corrected chi connectivity index (χ2v) is 10.6. The number of carbonyl (C=O) groups excluding carboxylic acids is 2. The summed E-state index contributed by atoms with van der Waals surface area (Å²) in [6, 6.07) is 13.6. The third kappa shape index (κ3) is 7.37. The van der Waals surface area contributed by atoms with Crippen LogP contribution in [0.3, 0.4) is 0 Å². The van der Waals surface area contributed by atoms with Gasteiger partial charge in [0.15, 0.2) is 0 Å². The fraction of sp³-hybridized carbons (Fsp3) is 0.481. The molecule has 3 rings (SSSR count). The lowest BCUT2D eigenvalue weighted by Crippen LogP contribution is -2.52. The van der Waals surface area contributed by atoms with Crippen LogP contribution in [-0.2, 0) is 22.6 Å². The Morgan fingerprint density at radius 1 is 1.09 bits per heavy atom. The van der Waals surface area contributed by atoms with E-state index in [2.05, 4.69) is 76.7 Å². The van der Waals surface area contributed by atoms with E-state index in [1.54, 1.807) is 12.1 Å². The number of rotatable bonds is 9. The first-order valence-corrected chi connectivity index (χ1v) is 12.7. The molecule has 0 aromatic heterocycles. The molecule has 0 aliphatic heterocycles. The van der Waals surface area contributed by atoms with Gasteiger partial charge in [0, 0.05) is 41.0 Å². The lowest BCUT2D eigenvalue weighted by atomic mass is 9.74. The number of hydrogen-bond donors (Lipinski definition) is 2. The standard InChI is InChI=1S/C27H35BrFN3O2/c1-19-5-4-6-20(15-19)17-27(32(2)3)13-11-23(12-14-27)31-26(34)10-9-25(33)30-18-21-7-8-22(28)16-24(21)29/h4-8,15-16,23H,9-14,17-18H2,1-3H3,(H,30,33)(H,31,34). The Labute approximate surface area is 210 Å². The van der Waals surface area contributed by atoms with Crippen LogP contribution in [0.5, 0.6) is 0 Å². The number of halogens is 2. The second-order valence-electron chi connectivity index (χ2n) is 9.64. The third-order valence-corrected chi connectivity index (χ3v) is 7.41. The van der Waals surface area contributed by atoms with Gasteiger partial charge in [0.05, 0.1) is 0 Å². The number of amides is 2. The first kappa shape index (κ1) is 26.4. The topological polar surface area (TPSA) is 61.4 Å². The van der Waals surface area contributed by atoms with Crippen LogP contribution < -0.4 is 10.6 Å². The van der Waals surface area contributed by atoms with Crippen molar-refractivity contribution in [3.8, 4) is 0 Å². The van der Waals surface area contributed by atoms with Crippen molar-refractivity contribution in [1.29, 1.82) is 0 Å². The molecule has 0 spiro atoms. The zero-order valence-corrected chi connectivity index (χ0v) is 21.9. The van der Waals surface area contributed by atoms with Gasteiger partial charge in [-0.05, 0) is 70.8 Å². The predicted octanol–water partition coefficient (Wildman–Crippen LogP) is 4.89. The van der Waals surface area contributed by atoms with Crippen molar-refractivity contribution >= 4 is 27.7 Å². The number of nitrogens with zero attached hydrogens (tertiary/aromatic N) is 1. The average molecular weight is 532 g/mol. The van der Waals surface area contributed by atoms with Gasteiger partial charge in [-0.15, -0.1) is 0 Å². The van der Waals surface area contributed by atoms with Gasteiger partial charge >= 0.3 is 0 Å². The Hall–Kier alpha value is -2.25. The Bertz CT molecular complexity index is 1000. The number of hydrogen-bond acceptors (Lipinski definition) is 3. The number of aryl methyl sites for hydroxylation is 1. The minimum atomic E-state index is -0.374. The first-order chi connectivity index (χ1) is 16.2. The molecule has 1 aliphatic rings. The Kier molecular flexibility index (Phi) is 9.25. The van der Waals surface area contributed by atoms with E-state index < -0.39 is 0 Å². The molecule has 0 heterocycles. The van der Waals surface area contributed by atoms with Crippen LogP contribution >= 0.6 is 15.9 Å².